The fraction of sp³-hybridized carbons (Fsp3) is 0.300. The van der Waals surface area contributed by atoms with Crippen molar-refractivity contribution >= 4 is 11.6 Å². The Morgan fingerprint density at radius 3 is 2.50 bits per heavy atom. The van der Waals surface area contributed by atoms with Crippen molar-refractivity contribution in [1.29, 1.82) is 0 Å². The van der Waals surface area contributed by atoms with Gasteiger partial charge in [0.1, 0.15) is 0 Å². The van der Waals surface area contributed by atoms with Gasteiger partial charge in [-0.15, -0.1) is 0 Å². The third-order valence-electron chi connectivity index (χ3n) is 2.01. The van der Waals surface area contributed by atoms with E-state index in [0.717, 1.165) is 5.69 Å². The van der Waals surface area contributed by atoms with Crippen LogP contribution in [0.1, 0.15) is 17.3 Å². The Morgan fingerprint density at radius 1 is 1.50 bits per heavy atom. The molecule has 1 amide bonds. The van der Waals surface area contributed by atoms with Crippen LogP contribution in [0.15, 0.2) is 24.3 Å². The Kier molecular flexibility index (Phi) is 3.82. The normalized spacial score (nSPS) is 11.8. The number of nitrogens with two attached hydrogens (primary N) is 1. The number of nitro groups is 1. The van der Waals surface area contributed by atoms with Crippen LogP contribution in [-0.2, 0) is 0 Å². The number of nitrogens with zero attached hydrogens (tertiary/aromatic N) is 1. The van der Waals surface area contributed by atoms with Crippen LogP contribution in [0.25, 0.3) is 0 Å². The summed E-state index contributed by atoms with van der Waals surface area (Å²) < 4.78 is 0. The van der Waals surface area contributed by atoms with Gasteiger partial charge in [-0.2, -0.15) is 0 Å². The van der Waals surface area contributed by atoms with Crippen molar-refractivity contribution in [3.8, 4) is 0 Å². The topological polar surface area (TPSA) is 98.3 Å². The van der Waals surface area contributed by atoms with Gasteiger partial charge in [-0.1, -0.05) is 0 Å². The van der Waals surface area contributed by atoms with Crippen LogP contribution in [0.5, 0.6) is 0 Å². The molecule has 86 valence electrons. The molecule has 0 fully saturated rings. The lowest BCUT2D eigenvalue weighted by molar-refractivity contribution is -0.481. The summed E-state index contributed by atoms with van der Waals surface area (Å²) in [6.07, 6.45) is 0. The van der Waals surface area contributed by atoms with Crippen LogP contribution < -0.4 is 11.1 Å². The summed E-state index contributed by atoms with van der Waals surface area (Å²) in [6, 6.07) is 6.20. The van der Waals surface area contributed by atoms with Gasteiger partial charge in [0, 0.05) is 16.2 Å². The number of primary amides is 1. The molecule has 16 heavy (non-hydrogen) atoms. The van der Waals surface area contributed by atoms with Gasteiger partial charge in [-0.05, 0) is 31.2 Å². The first-order valence-corrected chi connectivity index (χ1v) is 4.77. The molecule has 1 aromatic rings. The van der Waals surface area contributed by atoms with Crippen molar-refractivity contribution in [2.24, 2.45) is 5.73 Å². The predicted octanol–water partition coefficient (Wildman–Crippen LogP) is 0.863. The minimum Gasteiger partial charge on any atom is -0.376 e. The summed E-state index contributed by atoms with van der Waals surface area (Å²) in [5, 5.41) is 13.2. The summed E-state index contributed by atoms with van der Waals surface area (Å²) >= 11 is 0. The van der Waals surface area contributed by atoms with E-state index in [-0.39, 0.29) is 17.5 Å². The molecule has 1 atom stereocenters. The van der Waals surface area contributed by atoms with E-state index in [2.05, 4.69) is 5.32 Å². The molecule has 0 radical (unpaired) electrons. The van der Waals surface area contributed by atoms with E-state index in [1.165, 1.54) is 0 Å². The molecule has 0 bridgehead atoms. The standard InChI is InChI=1S/C10H13N3O3/c1-7(6-13(15)16)12-9-4-2-8(3-5-9)10(11)14/h2-5,7,12H,6H2,1H3,(H2,11,14). The van der Waals surface area contributed by atoms with Gasteiger partial charge in [-0.3, -0.25) is 14.9 Å². The van der Waals surface area contributed by atoms with Gasteiger partial charge in [0.2, 0.25) is 12.5 Å². The van der Waals surface area contributed by atoms with Gasteiger partial charge in [0.15, 0.2) is 0 Å². The summed E-state index contributed by atoms with van der Waals surface area (Å²) in [4.78, 5) is 20.7. The van der Waals surface area contributed by atoms with Gasteiger partial charge in [0.05, 0.1) is 6.04 Å². The second-order valence-electron chi connectivity index (χ2n) is 3.50. The number of hydrogen-bond acceptors (Lipinski definition) is 4. The summed E-state index contributed by atoms with van der Waals surface area (Å²) in [7, 11) is 0. The highest BCUT2D eigenvalue weighted by Crippen LogP contribution is 2.10. The average molecular weight is 223 g/mol. The minimum absolute atomic E-state index is 0.155. The molecule has 6 nitrogen and oxygen atoms in total. The number of benzene rings is 1. The summed E-state index contributed by atoms with van der Waals surface area (Å²) in [5.41, 5.74) is 6.21. The third kappa shape index (κ3) is 3.56. The minimum atomic E-state index is -0.495. The Morgan fingerprint density at radius 2 is 2.06 bits per heavy atom. The fourth-order valence-electron chi connectivity index (χ4n) is 1.28. The first kappa shape index (κ1) is 12.0. The number of carbonyl (C=O) groups excluding carboxylic acids is 1. The molecule has 0 aliphatic carbocycles. The van der Waals surface area contributed by atoms with Crippen molar-refractivity contribution in [1.82, 2.24) is 0 Å². The van der Waals surface area contributed by atoms with Crippen molar-refractivity contribution < 1.29 is 9.72 Å². The Balaban J connectivity index is 2.61. The maximum Gasteiger partial charge on any atom is 0.248 e. The van der Waals surface area contributed by atoms with Crippen molar-refractivity contribution in [3.63, 3.8) is 0 Å². The molecular weight excluding hydrogens is 210 g/mol. The molecule has 3 N–H and O–H groups in total. The van der Waals surface area contributed by atoms with Crippen LogP contribution in [-0.4, -0.2) is 23.4 Å². The van der Waals surface area contributed by atoms with E-state index in [1.54, 1.807) is 31.2 Å². The number of amides is 1. The zero-order valence-corrected chi connectivity index (χ0v) is 8.84. The van der Waals surface area contributed by atoms with Gasteiger partial charge in [0.25, 0.3) is 0 Å². The van der Waals surface area contributed by atoms with Crippen molar-refractivity contribution in [3.05, 3.63) is 39.9 Å². The van der Waals surface area contributed by atoms with Crippen LogP contribution in [0.2, 0.25) is 0 Å². The van der Waals surface area contributed by atoms with Crippen molar-refractivity contribution in [2.45, 2.75) is 13.0 Å². The molecule has 0 spiro atoms. The Hall–Kier alpha value is -2.11. The fourth-order valence-corrected chi connectivity index (χ4v) is 1.28. The molecule has 0 aliphatic heterocycles. The lowest BCUT2D eigenvalue weighted by Gasteiger charge is -2.11. The maximum absolute atomic E-state index is 10.8. The molecule has 0 heterocycles. The second-order valence-corrected chi connectivity index (χ2v) is 3.50. The quantitative estimate of drug-likeness (QED) is 0.571. The highest BCUT2D eigenvalue weighted by Gasteiger charge is 2.08. The largest absolute Gasteiger partial charge is 0.376 e. The average Bonchev–Trinajstić information content (AvgIpc) is 2.16. The molecule has 1 aromatic carbocycles. The monoisotopic (exact) mass is 223 g/mol. The Bertz CT molecular complexity index is 389. The van der Waals surface area contributed by atoms with Crippen LogP contribution in [0, 0.1) is 10.1 Å². The third-order valence-corrected chi connectivity index (χ3v) is 2.01. The first-order chi connectivity index (χ1) is 7.49. The number of anilines is 1. The predicted molar refractivity (Wildman–Crippen MR) is 59.9 cm³/mol. The lowest BCUT2D eigenvalue weighted by atomic mass is 10.2. The number of rotatable bonds is 5. The molecule has 0 aromatic heterocycles. The Labute approximate surface area is 92.6 Å². The molecule has 6 heteroatoms. The SMILES string of the molecule is CC(C[N+](=O)[O-])Nc1ccc(C(N)=O)cc1. The highest BCUT2D eigenvalue weighted by atomic mass is 16.6. The lowest BCUT2D eigenvalue weighted by Crippen LogP contribution is -2.24. The number of hydrogen-bond donors (Lipinski definition) is 2. The highest BCUT2D eigenvalue weighted by molar-refractivity contribution is 5.93. The number of carbonyl (C=O) groups is 1. The molecule has 0 saturated carbocycles. The van der Waals surface area contributed by atoms with E-state index < -0.39 is 5.91 Å². The zero-order chi connectivity index (χ0) is 12.1. The summed E-state index contributed by atoms with van der Waals surface area (Å²) in [5.74, 6) is -0.495. The number of nitrogens with one attached hydrogen (secondary N) is 1. The molecule has 0 saturated heterocycles. The van der Waals surface area contributed by atoms with Gasteiger partial charge < -0.3 is 11.1 Å². The van der Waals surface area contributed by atoms with E-state index in [9.17, 15) is 14.9 Å². The van der Waals surface area contributed by atoms with Crippen molar-refractivity contribution in [2.75, 3.05) is 11.9 Å². The van der Waals surface area contributed by atoms with Gasteiger partial charge in [-0.25, -0.2) is 0 Å². The second kappa shape index (κ2) is 5.11. The molecule has 0 aliphatic rings. The van der Waals surface area contributed by atoms with Crippen LogP contribution in [0.3, 0.4) is 0 Å². The van der Waals surface area contributed by atoms with Gasteiger partial charge >= 0.3 is 0 Å². The van der Waals surface area contributed by atoms with E-state index in [1.807, 2.05) is 0 Å². The van der Waals surface area contributed by atoms with E-state index >= 15 is 0 Å². The smallest absolute Gasteiger partial charge is 0.248 e. The maximum atomic E-state index is 10.8. The van der Waals surface area contributed by atoms with Crippen LogP contribution in [0.4, 0.5) is 5.69 Å². The molecular formula is C10H13N3O3. The first-order valence-electron chi connectivity index (χ1n) is 4.77. The van der Waals surface area contributed by atoms with Crippen LogP contribution >= 0.6 is 0 Å². The van der Waals surface area contributed by atoms with E-state index in [4.69, 9.17) is 5.73 Å². The summed E-state index contributed by atoms with van der Waals surface area (Å²) in [6.45, 7) is 1.56. The molecule has 1 unspecified atom stereocenters. The van der Waals surface area contributed by atoms with E-state index in [0.29, 0.717) is 5.56 Å². The zero-order valence-electron chi connectivity index (χ0n) is 8.84. The molecule has 1 rings (SSSR count).